The Balaban J connectivity index is 1.74. The maximum absolute atomic E-state index is 6.64. The molecule has 1 aliphatic rings. The summed E-state index contributed by atoms with van der Waals surface area (Å²) in [6, 6.07) is 23.3. The molecule has 0 unspecified atom stereocenters. The van der Waals surface area contributed by atoms with Gasteiger partial charge in [-0.3, -0.25) is 0 Å². The van der Waals surface area contributed by atoms with Crippen LogP contribution in [0.1, 0.15) is 24.1 Å². The minimum Gasteiger partial charge on any atom is -0.313 e. The van der Waals surface area contributed by atoms with Gasteiger partial charge in [-0.2, -0.15) is 0 Å². The molecule has 0 bridgehead atoms. The van der Waals surface area contributed by atoms with E-state index in [2.05, 4.69) is 69.8 Å². The second-order valence-electron chi connectivity index (χ2n) is 9.93. The van der Waals surface area contributed by atoms with Gasteiger partial charge in [0, 0.05) is 33.2 Å². The SMILES string of the molecule is [B]c1c([B])c([B])c(-n2c3ccccc3c3ccc4c(c5c(n4-c4ccccc4)CCCC5)c32)c([B])c1[B]. The van der Waals surface area contributed by atoms with Crippen molar-refractivity contribution in [1.29, 1.82) is 0 Å². The summed E-state index contributed by atoms with van der Waals surface area (Å²) in [5.41, 5.74) is 9.12. The molecule has 0 aliphatic heterocycles. The van der Waals surface area contributed by atoms with Gasteiger partial charge in [0.1, 0.15) is 39.2 Å². The third-order valence-electron chi connectivity index (χ3n) is 7.97. The Morgan fingerprint density at radius 1 is 0.541 bits per heavy atom. The number of benzene rings is 4. The second kappa shape index (κ2) is 8.28. The Labute approximate surface area is 223 Å². The van der Waals surface area contributed by atoms with Crippen LogP contribution in [0.4, 0.5) is 0 Å². The molecule has 1 aliphatic carbocycles. The monoisotopic (exact) mass is 462 g/mol. The molecule has 2 heterocycles. The van der Waals surface area contributed by atoms with E-state index in [9.17, 15) is 0 Å². The number of para-hydroxylation sites is 2. The predicted molar refractivity (Wildman–Crippen MR) is 161 cm³/mol. The van der Waals surface area contributed by atoms with Gasteiger partial charge in [-0.25, -0.2) is 0 Å². The fraction of sp³-hybridized carbons (Fsp3) is 0.133. The Morgan fingerprint density at radius 2 is 1.19 bits per heavy atom. The van der Waals surface area contributed by atoms with Gasteiger partial charge < -0.3 is 9.13 Å². The number of hydrogen-bond acceptors (Lipinski definition) is 0. The Bertz CT molecular complexity index is 1850. The lowest BCUT2D eigenvalue weighted by molar-refractivity contribution is 0.667. The molecule has 0 saturated carbocycles. The van der Waals surface area contributed by atoms with Crippen molar-refractivity contribution in [3.05, 3.63) is 78.0 Å². The second-order valence-corrected chi connectivity index (χ2v) is 9.93. The largest absolute Gasteiger partial charge is 0.313 e. The zero-order valence-corrected chi connectivity index (χ0v) is 20.5. The maximum Gasteiger partial charge on any atom is 0.115 e. The van der Waals surface area contributed by atoms with E-state index in [0.717, 1.165) is 46.8 Å². The van der Waals surface area contributed by atoms with Crippen LogP contribution in [0.15, 0.2) is 66.7 Å². The first kappa shape index (κ1) is 22.7. The smallest absolute Gasteiger partial charge is 0.115 e. The number of nitrogens with zero attached hydrogens (tertiary/aromatic N) is 2. The lowest BCUT2D eigenvalue weighted by atomic mass is 9.61. The van der Waals surface area contributed by atoms with Crippen LogP contribution in [0.5, 0.6) is 0 Å². The van der Waals surface area contributed by atoms with Crippen molar-refractivity contribution < 1.29 is 0 Å². The summed E-state index contributed by atoms with van der Waals surface area (Å²) < 4.78 is 4.57. The summed E-state index contributed by atoms with van der Waals surface area (Å²) in [4.78, 5) is 0. The molecule has 0 amide bonds. The molecule has 6 aromatic rings. The highest BCUT2D eigenvalue weighted by atomic mass is 15.0. The minimum absolute atomic E-state index is 0.220. The van der Waals surface area contributed by atoms with Crippen molar-refractivity contribution in [2.75, 3.05) is 0 Å². The van der Waals surface area contributed by atoms with Crippen molar-refractivity contribution >= 4 is 99.3 Å². The van der Waals surface area contributed by atoms with Gasteiger partial charge in [-0.15, -0.1) is 16.4 Å². The van der Waals surface area contributed by atoms with Crippen molar-refractivity contribution in [2.24, 2.45) is 0 Å². The molecular formula is C30H19B5N2. The van der Waals surface area contributed by atoms with Crippen molar-refractivity contribution in [1.82, 2.24) is 9.13 Å². The number of aromatic nitrogens is 2. The van der Waals surface area contributed by atoms with Gasteiger partial charge in [0.2, 0.25) is 0 Å². The number of hydrogen-bond donors (Lipinski definition) is 0. The van der Waals surface area contributed by atoms with Crippen LogP contribution in [-0.2, 0) is 12.8 Å². The van der Waals surface area contributed by atoms with Gasteiger partial charge >= 0.3 is 0 Å². The fourth-order valence-corrected chi connectivity index (χ4v) is 6.26. The fourth-order valence-electron chi connectivity index (χ4n) is 6.26. The number of rotatable bonds is 2. The van der Waals surface area contributed by atoms with Gasteiger partial charge in [0.25, 0.3) is 0 Å². The number of aryl methyl sites for hydroxylation is 1. The zero-order chi connectivity index (χ0) is 25.4. The maximum atomic E-state index is 6.64. The van der Waals surface area contributed by atoms with Crippen LogP contribution >= 0.6 is 0 Å². The molecule has 0 fully saturated rings. The average Bonchev–Trinajstić information content (AvgIpc) is 3.45. The summed E-state index contributed by atoms with van der Waals surface area (Å²) in [6.07, 6.45) is 4.38. The van der Waals surface area contributed by atoms with Crippen LogP contribution in [0, 0.1) is 0 Å². The molecule has 0 atom stereocenters. The van der Waals surface area contributed by atoms with Crippen LogP contribution in [0.2, 0.25) is 0 Å². The van der Waals surface area contributed by atoms with E-state index in [1.54, 1.807) is 0 Å². The van der Waals surface area contributed by atoms with Crippen LogP contribution in [0.3, 0.4) is 0 Å². The molecule has 7 rings (SSSR count). The molecule has 4 aromatic carbocycles. The molecule has 7 heteroatoms. The third-order valence-corrected chi connectivity index (χ3v) is 7.97. The normalized spacial score (nSPS) is 13.5. The average molecular weight is 462 g/mol. The van der Waals surface area contributed by atoms with E-state index in [1.165, 1.54) is 28.6 Å². The molecule has 164 valence electrons. The van der Waals surface area contributed by atoms with Crippen molar-refractivity contribution in [2.45, 2.75) is 25.7 Å². The van der Waals surface area contributed by atoms with Crippen molar-refractivity contribution in [3.8, 4) is 11.4 Å². The minimum atomic E-state index is 0.220. The third kappa shape index (κ3) is 3.06. The number of fused-ring (bicyclic) bond motifs is 7. The highest BCUT2D eigenvalue weighted by Gasteiger charge is 2.26. The summed E-state index contributed by atoms with van der Waals surface area (Å²) in [6.45, 7) is 0. The van der Waals surface area contributed by atoms with Gasteiger partial charge in [-0.05, 0) is 55.5 Å². The van der Waals surface area contributed by atoms with Crippen molar-refractivity contribution in [3.63, 3.8) is 0 Å². The predicted octanol–water partition coefficient (Wildman–Crippen LogP) is 1.58. The van der Waals surface area contributed by atoms with E-state index in [1.807, 2.05) is 6.07 Å². The summed E-state index contributed by atoms with van der Waals surface area (Å²) >= 11 is 0. The quantitative estimate of drug-likeness (QED) is 0.347. The summed E-state index contributed by atoms with van der Waals surface area (Å²) in [5.74, 6) is 0. The van der Waals surface area contributed by atoms with E-state index in [4.69, 9.17) is 39.2 Å². The first-order valence-corrected chi connectivity index (χ1v) is 12.6. The Hall–Kier alpha value is -3.46. The highest BCUT2D eigenvalue weighted by Crippen LogP contribution is 2.42. The first-order valence-electron chi connectivity index (χ1n) is 12.6. The summed E-state index contributed by atoms with van der Waals surface area (Å²) in [7, 11) is 32.1. The zero-order valence-electron chi connectivity index (χ0n) is 20.5. The first-order chi connectivity index (χ1) is 18.0. The molecule has 2 aromatic heterocycles. The standard InChI is InChI=1S/C30H19B5N2/c31-24-25(32)27(34)30(28(35)26(24)33)37-20-12-6-4-10-17(20)18-14-15-22-23(29(18)37)19-11-5-7-13-21(19)36(22)16-8-2-1-3-9-16/h1-4,6,8-10,12,14-15H,5,7,11,13H2. The van der Waals surface area contributed by atoms with Gasteiger partial charge in [-0.1, -0.05) is 53.4 Å². The van der Waals surface area contributed by atoms with Gasteiger partial charge in [0.15, 0.2) is 0 Å². The van der Waals surface area contributed by atoms with E-state index in [0.29, 0.717) is 16.6 Å². The molecule has 0 N–H and O–H groups in total. The molecule has 2 nitrogen and oxygen atoms in total. The molecule has 10 radical (unpaired) electrons. The lowest BCUT2D eigenvalue weighted by Crippen LogP contribution is -2.56. The van der Waals surface area contributed by atoms with Crippen LogP contribution in [-0.4, -0.2) is 48.4 Å². The highest BCUT2D eigenvalue weighted by molar-refractivity contribution is 6.68. The topological polar surface area (TPSA) is 9.86 Å². The van der Waals surface area contributed by atoms with Crippen LogP contribution in [0.25, 0.3) is 44.1 Å². The molecule has 0 saturated heterocycles. The van der Waals surface area contributed by atoms with E-state index in [-0.39, 0.29) is 16.4 Å². The molecular weight excluding hydrogens is 442 g/mol. The van der Waals surface area contributed by atoms with Gasteiger partial charge in [0.05, 0.1) is 16.6 Å². The Morgan fingerprint density at radius 3 is 1.95 bits per heavy atom. The van der Waals surface area contributed by atoms with E-state index < -0.39 is 0 Å². The molecule has 37 heavy (non-hydrogen) atoms. The van der Waals surface area contributed by atoms with Crippen LogP contribution < -0.4 is 27.3 Å². The summed E-state index contributed by atoms with van der Waals surface area (Å²) in [5, 5.41) is 3.47. The molecule has 0 spiro atoms. The van der Waals surface area contributed by atoms with E-state index >= 15 is 0 Å². The lowest BCUT2D eigenvalue weighted by Gasteiger charge is -2.23. The Kier molecular flexibility index (Phi) is 5.08.